The average molecular weight is 571 g/mol. The first-order valence-electron chi connectivity index (χ1n) is 14.8. The van der Waals surface area contributed by atoms with Gasteiger partial charge in [0, 0.05) is 25.7 Å². The molecule has 5 rings (SSSR count). The lowest BCUT2D eigenvalue weighted by molar-refractivity contribution is -0.162. The van der Waals surface area contributed by atoms with E-state index >= 15 is 0 Å². The van der Waals surface area contributed by atoms with Gasteiger partial charge in [0.25, 0.3) is 0 Å². The average Bonchev–Trinajstić information content (AvgIpc) is 3.44. The fraction of sp³-hybridized carbons (Fsp3) is 0.343. The predicted octanol–water partition coefficient (Wildman–Crippen LogP) is 6.80. The first-order valence-corrected chi connectivity index (χ1v) is 14.8. The van der Waals surface area contributed by atoms with E-state index in [1.165, 1.54) is 12.1 Å². The van der Waals surface area contributed by atoms with E-state index in [1.807, 2.05) is 93.8 Å². The normalized spacial score (nSPS) is 16.4. The molecule has 0 N–H and O–H groups in total. The molecule has 1 aromatic heterocycles. The number of aromatic nitrogens is 2. The fourth-order valence-electron chi connectivity index (χ4n) is 5.11. The maximum absolute atomic E-state index is 14.0. The number of benzene rings is 3. The molecule has 0 spiro atoms. The van der Waals surface area contributed by atoms with Crippen molar-refractivity contribution in [2.75, 3.05) is 0 Å². The van der Waals surface area contributed by atoms with E-state index < -0.39 is 12.1 Å². The molecule has 42 heavy (non-hydrogen) atoms. The Morgan fingerprint density at radius 3 is 2.10 bits per heavy atom. The molecular weight excluding hydrogens is 527 g/mol. The summed E-state index contributed by atoms with van der Waals surface area (Å²) in [5.74, 6) is -0.470. The van der Waals surface area contributed by atoms with Crippen LogP contribution < -0.4 is 0 Å². The van der Waals surface area contributed by atoms with Crippen molar-refractivity contribution in [3.05, 3.63) is 125 Å². The third-order valence-corrected chi connectivity index (χ3v) is 7.13. The first-order chi connectivity index (χ1) is 20.4. The minimum absolute atomic E-state index is 0.0707. The summed E-state index contributed by atoms with van der Waals surface area (Å²) in [6.07, 6.45) is 3.81. The van der Waals surface area contributed by atoms with Crippen LogP contribution in [0.5, 0.6) is 0 Å². The van der Waals surface area contributed by atoms with Crippen molar-refractivity contribution >= 4 is 11.8 Å². The number of halogens is 1. The molecule has 0 radical (unpaired) electrons. The quantitative estimate of drug-likeness (QED) is 0.234. The predicted molar refractivity (Wildman–Crippen MR) is 166 cm³/mol. The largest absolute Gasteiger partial charge is 0.329 e. The zero-order valence-corrected chi connectivity index (χ0v) is 25.6. The summed E-state index contributed by atoms with van der Waals surface area (Å²) in [4.78, 5) is 35.5. The van der Waals surface area contributed by atoms with Crippen LogP contribution in [0.2, 0.25) is 0 Å². The SMILES string of the molecule is CC.CC.Cc1cccc(CC2C(=O)N(Cc3ccccc3)C(C)C(=O)N2Cc2cncn2Cc2cccc(F)c2)c1. The zero-order chi connectivity index (χ0) is 30.6. The van der Waals surface area contributed by atoms with Crippen molar-refractivity contribution < 1.29 is 14.0 Å². The van der Waals surface area contributed by atoms with Crippen molar-refractivity contribution in [3.8, 4) is 0 Å². The second-order valence-corrected chi connectivity index (χ2v) is 9.95. The third-order valence-electron chi connectivity index (χ3n) is 7.13. The Labute approximate surface area is 249 Å². The van der Waals surface area contributed by atoms with Crippen molar-refractivity contribution in [1.82, 2.24) is 19.4 Å². The number of amides is 2. The molecule has 2 atom stereocenters. The summed E-state index contributed by atoms with van der Waals surface area (Å²) >= 11 is 0. The van der Waals surface area contributed by atoms with E-state index in [9.17, 15) is 14.0 Å². The van der Waals surface area contributed by atoms with Gasteiger partial charge in [0.15, 0.2) is 0 Å². The lowest BCUT2D eigenvalue weighted by atomic mass is 9.96. The van der Waals surface area contributed by atoms with Crippen molar-refractivity contribution in [2.24, 2.45) is 0 Å². The molecule has 2 amide bonds. The molecule has 1 saturated heterocycles. The molecule has 222 valence electrons. The van der Waals surface area contributed by atoms with E-state index in [-0.39, 0.29) is 24.2 Å². The summed E-state index contributed by atoms with van der Waals surface area (Å²) in [6.45, 7) is 12.8. The summed E-state index contributed by atoms with van der Waals surface area (Å²) < 4.78 is 15.7. The van der Waals surface area contributed by atoms with Crippen LogP contribution in [-0.2, 0) is 35.6 Å². The van der Waals surface area contributed by atoms with Crippen LogP contribution in [0.25, 0.3) is 0 Å². The number of aryl methyl sites for hydroxylation is 1. The molecule has 0 aliphatic carbocycles. The van der Waals surface area contributed by atoms with E-state index in [0.29, 0.717) is 19.5 Å². The summed E-state index contributed by atoms with van der Waals surface area (Å²) in [7, 11) is 0. The topological polar surface area (TPSA) is 58.4 Å². The summed E-state index contributed by atoms with van der Waals surface area (Å²) in [6, 6.07) is 23.0. The summed E-state index contributed by atoms with van der Waals surface area (Å²) in [5, 5.41) is 0. The van der Waals surface area contributed by atoms with Crippen LogP contribution in [0.1, 0.15) is 62.6 Å². The lowest BCUT2D eigenvalue weighted by Crippen LogP contribution is -2.63. The maximum atomic E-state index is 14.0. The van der Waals surface area contributed by atoms with Crippen molar-refractivity contribution in [3.63, 3.8) is 0 Å². The van der Waals surface area contributed by atoms with E-state index in [0.717, 1.165) is 27.9 Å². The highest BCUT2D eigenvalue weighted by atomic mass is 19.1. The highest BCUT2D eigenvalue weighted by Gasteiger charge is 2.44. The number of imidazole rings is 1. The second-order valence-electron chi connectivity index (χ2n) is 9.95. The monoisotopic (exact) mass is 570 g/mol. The number of carbonyl (C=O) groups excluding carboxylic acids is 2. The Hall–Kier alpha value is -4.26. The molecule has 4 aromatic rings. The third kappa shape index (κ3) is 7.93. The van der Waals surface area contributed by atoms with Crippen LogP contribution in [0.4, 0.5) is 4.39 Å². The molecule has 1 aliphatic rings. The lowest BCUT2D eigenvalue weighted by Gasteiger charge is -2.44. The van der Waals surface area contributed by atoms with Gasteiger partial charge in [-0.15, -0.1) is 0 Å². The fourth-order valence-corrected chi connectivity index (χ4v) is 5.11. The van der Waals surface area contributed by atoms with E-state index in [1.54, 1.807) is 35.3 Å². The Balaban J connectivity index is 0.00000116. The van der Waals surface area contributed by atoms with Gasteiger partial charge in [-0.1, -0.05) is 100.0 Å². The maximum Gasteiger partial charge on any atom is 0.246 e. The van der Waals surface area contributed by atoms with Gasteiger partial charge in [0.2, 0.25) is 11.8 Å². The Morgan fingerprint density at radius 2 is 1.40 bits per heavy atom. The van der Waals surface area contributed by atoms with Crippen LogP contribution >= 0.6 is 0 Å². The second kappa shape index (κ2) is 15.7. The molecule has 2 heterocycles. The molecular formula is C35H43FN4O2. The number of piperazine rings is 1. The number of hydrogen-bond acceptors (Lipinski definition) is 3. The van der Waals surface area contributed by atoms with E-state index in [4.69, 9.17) is 0 Å². The van der Waals surface area contributed by atoms with Crippen LogP contribution in [-0.4, -0.2) is 43.2 Å². The molecule has 0 saturated carbocycles. The van der Waals surface area contributed by atoms with Gasteiger partial charge in [0.05, 0.1) is 18.6 Å². The standard InChI is InChI=1S/C31H31FN4O2.2C2H6/c1-22-8-6-11-25(14-22)16-29-31(38)35(19-24-9-4-3-5-10-24)23(2)30(37)36(29)20-28-17-33-21-34(28)18-26-12-7-13-27(32)15-26;2*1-2/h3-15,17,21,23,29H,16,18-20H2,1-2H3;2*1-2H3. The van der Waals surface area contributed by atoms with Crippen LogP contribution in [0.3, 0.4) is 0 Å². The van der Waals surface area contributed by atoms with Crippen molar-refractivity contribution in [1.29, 1.82) is 0 Å². The smallest absolute Gasteiger partial charge is 0.246 e. The zero-order valence-electron chi connectivity index (χ0n) is 25.6. The molecule has 3 aromatic carbocycles. The van der Waals surface area contributed by atoms with Gasteiger partial charge < -0.3 is 14.4 Å². The minimum atomic E-state index is -0.651. The highest BCUT2D eigenvalue weighted by molar-refractivity contribution is 5.97. The Morgan fingerprint density at radius 1 is 0.738 bits per heavy atom. The highest BCUT2D eigenvalue weighted by Crippen LogP contribution is 2.26. The minimum Gasteiger partial charge on any atom is -0.329 e. The number of nitrogens with zero attached hydrogens (tertiary/aromatic N) is 4. The molecule has 7 heteroatoms. The molecule has 2 unspecified atom stereocenters. The molecule has 1 fully saturated rings. The van der Waals surface area contributed by atoms with Crippen LogP contribution in [0.15, 0.2) is 91.4 Å². The Bertz CT molecular complexity index is 1440. The number of rotatable bonds is 8. The van der Waals surface area contributed by atoms with Gasteiger partial charge in [-0.25, -0.2) is 9.37 Å². The number of hydrogen-bond donors (Lipinski definition) is 0. The van der Waals surface area contributed by atoms with Gasteiger partial charge in [0.1, 0.15) is 17.9 Å². The van der Waals surface area contributed by atoms with Gasteiger partial charge in [-0.2, -0.15) is 0 Å². The van der Waals surface area contributed by atoms with Gasteiger partial charge in [-0.05, 0) is 42.7 Å². The molecule has 0 bridgehead atoms. The molecule has 1 aliphatic heterocycles. The summed E-state index contributed by atoms with van der Waals surface area (Å²) in [5.41, 5.74) is 4.67. The first kappa shape index (κ1) is 32.3. The van der Waals surface area contributed by atoms with Gasteiger partial charge in [-0.3, -0.25) is 9.59 Å². The van der Waals surface area contributed by atoms with Crippen molar-refractivity contribution in [2.45, 2.75) is 79.7 Å². The molecule has 6 nitrogen and oxygen atoms in total. The van der Waals surface area contributed by atoms with Gasteiger partial charge >= 0.3 is 0 Å². The number of carbonyl (C=O) groups is 2. The Kier molecular flexibility index (Phi) is 12.0. The van der Waals surface area contributed by atoms with Crippen LogP contribution in [0, 0.1) is 12.7 Å². The van der Waals surface area contributed by atoms with E-state index in [2.05, 4.69) is 11.1 Å².